The summed E-state index contributed by atoms with van der Waals surface area (Å²) in [6.45, 7) is 6.86. The van der Waals surface area contributed by atoms with E-state index in [2.05, 4.69) is 5.16 Å². The molecule has 0 fully saturated rings. The van der Waals surface area contributed by atoms with Gasteiger partial charge in [0.25, 0.3) is 0 Å². The van der Waals surface area contributed by atoms with E-state index >= 15 is 0 Å². The molecule has 1 aromatic rings. The second-order valence-corrected chi connectivity index (χ2v) is 5.30. The van der Waals surface area contributed by atoms with E-state index in [1.807, 2.05) is 20.8 Å². The molecule has 0 amide bonds. The molecule has 1 rings (SSSR count). The maximum atomic E-state index is 13.7. The first-order valence-electron chi connectivity index (χ1n) is 6.31. The van der Waals surface area contributed by atoms with E-state index < -0.39 is 5.82 Å². The third-order valence-electron chi connectivity index (χ3n) is 2.48. The average Bonchev–Trinajstić information content (AvgIpc) is 2.37. The molecule has 1 aromatic carbocycles. The lowest BCUT2D eigenvalue weighted by molar-refractivity contribution is -0.0379. The summed E-state index contributed by atoms with van der Waals surface area (Å²) in [6, 6.07) is 4.33. The molecule has 0 aliphatic rings. The third kappa shape index (κ3) is 5.54. The van der Waals surface area contributed by atoms with Gasteiger partial charge in [-0.05, 0) is 26.8 Å². The van der Waals surface area contributed by atoms with Gasteiger partial charge in [-0.3, -0.25) is 0 Å². The molecule has 3 N–H and O–H groups in total. The largest absolute Gasteiger partial charge is 0.409 e. The van der Waals surface area contributed by atoms with Crippen LogP contribution in [-0.2, 0) is 16.1 Å². The molecule has 0 spiro atoms. The van der Waals surface area contributed by atoms with Gasteiger partial charge in [0, 0.05) is 11.1 Å². The molecule has 5 nitrogen and oxygen atoms in total. The molecule has 0 bridgehead atoms. The van der Waals surface area contributed by atoms with E-state index in [1.165, 1.54) is 6.07 Å². The Labute approximate surface area is 118 Å². The number of nitrogens with zero attached hydrogens (tertiary/aromatic N) is 1. The van der Waals surface area contributed by atoms with Crippen LogP contribution in [0, 0.1) is 5.82 Å². The number of benzene rings is 1. The topological polar surface area (TPSA) is 77.1 Å². The Bertz CT molecular complexity index is 470. The van der Waals surface area contributed by atoms with Crippen molar-refractivity contribution in [2.45, 2.75) is 33.0 Å². The van der Waals surface area contributed by atoms with Gasteiger partial charge in [-0.2, -0.15) is 0 Å². The van der Waals surface area contributed by atoms with Crippen molar-refractivity contribution in [1.82, 2.24) is 0 Å². The highest BCUT2D eigenvalue weighted by Gasteiger charge is 2.10. The summed E-state index contributed by atoms with van der Waals surface area (Å²) in [5.41, 5.74) is 5.90. The van der Waals surface area contributed by atoms with E-state index in [1.54, 1.807) is 12.1 Å². The molecule has 0 aromatic heterocycles. The number of halogens is 1. The summed E-state index contributed by atoms with van der Waals surface area (Å²) in [6.07, 6.45) is 0. The molecule has 0 radical (unpaired) electrons. The highest BCUT2D eigenvalue weighted by atomic mass is 19.1. The van der Waals surface area contributed by atoms with Crippen molar-refractivity contribution in [3.05, 3.63) is 35.1 Å². The number of rotatable bonds is 6. The number of ether oxygens (including phenoxy) is 2. The van der Waals surface area contributed by atoms with Gasteiger partial charge in [0.1, 0.15) is 5.82 Å². The summed E-state index contributed by atoms with van der Waals surface area (Å²) in [5, 5.41) is 11.3. The van der Waals surface area contributed by atoms with E-state index in [9.17, 15) is 4.39 Å². The monoisotopic (exact) mass is 284 g/mol. The van der Waals surface area contributed by atoms with Crippen LogP contribution in [0.4, 0.5) is 4.39 Å². The van der Waals surface area contributed by atoms with Gasteiger partial charge in [0.05, 0.1) is 25.4 Å². The van der Waals surface area contributed by atoms with Gasteiger partial charge < -0.3 is 20.4 Å². The number of oxime groups is 1. The minimum absolute atomic E-state index is 0.130. The molecule has 0 atom stereocenters. The summed E-state index contributed by atoms with van der Waals surface area (Å²) in [5.74, 6) is -0.583. The van der Waals surface area contributed by atoms with Crippen LogP contribution in [0.1, 0.15) is 31.9 Å². The lowest BCUT2D eigenvalue weighted by Crippen LogP contribution is -2.21. The lowest BCUT2D eigenvalue weighted by atomic mass is 10.1. The quantitative estimate of drug-likeness (QED) is 0.276. The van der Waals surface area contributed by atoms with E-state index in [-0.39, 0.29) is 18.0 Å². The van der Waals surface area contributed by atoms with Crippen LogP contribution < -0.4 is 5.73 Å². The lowest BCUT2D eigenvalue weighted by Gasteiger charge is -2.19. The number of hydrogen-bond donors (Lipinski definition) is 2. The molecule has 0 unspecified atom stereocenters. The van der Waals surface area contributed by atoms with Crippen molar-refractivity contribution in [3.63, 3.8) is 0 Å². The average molecular weight is 284 g/mol. The van der Waals surface area contributed by atoms with Gasteiger partial charge in [0.2, 0.25) is 0 Å². The van der Waals surface area contributed by atoms with Crippen LogP contribution in [0.15, 0.2) is 23.4 Å². The van der Waals surface area contributed by atoms with Crippen molar-refractivity contribution in [3.8, 4) is 0 Å². The summed E-state index contributed by atoms with van der Waals surface area (Å²) >= 11 is 0. The summed E-state index contributed by atoms with van der Waals surface area (Å²) in [4.78, 5) is 0. The number of amidine groups is 1. The highest BCUT2D eigenvalue weighted by Crippen LogP contribution is 2.12. The summed E-state index contributed by atoms with van der Waals surface area (Å²) < 4.78 is 24.6. The van der Waals surface area contributed by atoms with Crippen molar-refractivity contribution < 1.29 is 19.1 Å². The second kappa shape index (κ2) is 7.21. The van der Waals surface area contributed by atoms with Crippen LogP contribution in [0.2, 0.25) is 0 Å². The Kier molecular flexibility index (Phi) is 5.91. The molecular formula is C14H21FN2O3. The maximum Gasteiger partial charge on any atom is 0.170 e. The van der Waals surface area contributed by atoms with Crippen molar-refractivity contribution in [2.75, 3.05) is 13.2 Å². The van der Waals surface area contributed by atoms with Crippen LogP contribution in [0.3, 0.4) is 0 Å². The Morgan fingerprint density at radius 1 is 1.35 bits per heavy atom. The highest BCUT2D eigenvalue weighted by molar-refractivity contribution is 5.97. The fourth-order valence-corrected chi connectivity index (χ4v) is 1.47. The van der Waals surface area contributed by atoms with Crippen molar-refractivity contribution in [1.29, 1.82) is 0 Å². The first kappa shape index (κ1) is 16.4. The minimum atomic E-state index is -0.453. The molecule has 20 heavy (non-hydrogen) atoms. The zero-order chi connectivity index (χ0) is 15.2. The first-order valence-corrected chi connectivity index (χ1v) is 6.31. The van der Waals surface area contributed by atoms with Crippen LogP contribution in [0.25, 0.3) is 0 Å². The molecule has 0 heterocycles. The first-order chi connectivity index (χ1) is 9.33. The van der Waals surface area contributed by atoms with Crippen molar-refractivity contribution >= 4 is 5.84 Å². The molecule has 6 heteroatoms. The molecule has 0 saturated heterocycles. The van der Waals surface area contributed by atoms with Crippen LogP contribution in [-0.4, -0.2) is 29.9 Å². The fraction of sp³-hybridized carbons (Fsp3) is 0.500. The van der Waals surface area contributed by atoms with E-state index in [0.717, 1.165) is 0 Å². The van der Waals surface area contributed by atoms with Gasteiger partial charge in [0.15, 0.2) is 5.84 Å². The Hall–Kier alpha value is -1.66. The Morgan fingerprint density at radius 3 is 2.60 bits per heavy atom. The molecular weight excluding hydrogens is 263 g/mol. The number of hydrogen-bond acceptors (Lipinski definition) is 4. The summed E-state index contributed by atoms with van der Waals surface area (Å²) in [7, 11) is 0. The van der Waals surface area contributed by atoms with Gasteiger partial charge >= 0.3 is 0 Å². The van der Waals surface area contributed by atoms with Gasteiger partial charge in [-0.25, -0.2) is 4.39 Å². The normalized spacial score (nSPS) is 12.7. The third-order valence-corrected chi connectivity index (χ3v) is 2.48. The van der Waals surface area contributed by atoms with Gasteiger partial charge in [-0.15, -0.1) is 0 Å². The second-order valence-electron chi connectivity index (χ2n) is 5.30. The van der Waals surface area contributed by atoms with E-state index in [0.29, 0.717) is 24.3 Å². The zero-order valence-corrected chi connectivity index (χ0v) is 12.0. The van der Waals surface area contributed by atoms with Crippen LogP contribution in [0.5, 0.6) is 0 Å². The van der Waals surface area contributed by atoms with E-state index in [4.69, 9.17) is 20.4 Å². The fourth-order valence-electron chi connectivity index (χ4n) is 1.47. The smallest absolute Gasteiger partial charge is 0.170 e. The molecule has 0 aliphatic carbocycles. The van der Waals surface area contributed by atoms with Crippen molar-refractivity contribution in [2.24, 2.45) is 10.9 Å². The Morgan fingerprint density at radius 2 is 2.05 bits per heavy atom. The molecule has 0 aliphatic heterocycles. The minimum Gasteiger partial charge on any atom is -0.409 e. The molecule has 112 valence electrons. The predicted octanol–water partition coefficient (Wildman–Crippen LogP) is 2.25. The predicted molar refractivity (Wildman–Crippen MR) is 74.3 cm³/mol. The number of nitrogens with two attached hydrogens (primary N) is 1. The van der Waals surface area contributed by atoms with Crippen LogP contribution >= 0.6 is 0 Å². The zero-order valence-electron chi connectivity index (χ0n) is 12.0. The SMILES string of the molecule is CC(C)(C)OCCOCc1ccc(/C(N)=N/O)cc1F. The maximum absolute atomic E-state index is 13.7. The molecule has 0 saturated carbocycles. The Balaban J connectivity index is 2.45. The van der Waals surface area contributed by atoms with Gasteiger partial charge in [-0.1, -0.05) is 17.3 Å². The standard InChI is InChI=1S/C14H21FN2O3/c1-14(2,3)20-7-6-19-9-11-5-4-10(8-12(11)15)13(16)17-18/h4-5,8,18H,6-7,9H2,1-3H3,(H2,16,17).